The molecule has 2 atom stereocenters. The number of carbonyl (C=O) groups excluding carboxylic acids is 2. The Kier molecular flexibility index (Phi) is 6.78. The molecule has 0 radical (unpaired) electrons. The highest BCUT2D eigenvalue weighted by molar-refractivity contribution is 5.92. The van der Waals surface area contributed by atoms with E-state index in [4.69, 9.17) is 0 Å². The van der Waals surface area contributed by atoms with Crippen LogP contribution in [0.5, 0.6) is 0 Å². The number of piperazine rings is 1. The minimum Gasteiger partial charge on any atom is -0.392 e. The predicted octanol–water partition coefficient (Wildman–Crippen LogP) is 1.95. The van der Waals surface area contributed by atoms with E-state index in [0.717, 1.165) is 13.1 Å². The lowest BCUT2D eigenvalue weighted by Gasteiger charge is -2.40. The molecule has 0 spiro atoms. The molecule has 2 rings (SSSR count). The van der Waals surface area contributed by atoms with Crippen LogP contribution in [0.3, 0.4) is 0 Å². The number of anilines is 2. The second-order valence-electron chi connectivity index (χ2n) is 6.56. The molecular weight excluding hydrogens is 320 g/mol. The van der Waals surface area contributed by atoms with Crippen molar-refractivity contribution in [3.05, 3.63) is 24.3 Å². The van der Waals surface area contributed by atoms with Gasteiger partial charge in [0.1, 0.15) is 0 Å². The van der Waals surface area contributed by atoms with Gasteiger partial charge in [0.25, 0.3) is 0 Å². The van der Waals surface area contributed by atoms with Crippen molar-refractivity contribution < 1.29 is 14.7 Å². The number of hydrogen-bond acceptors (Lipinski definition) is 4. The van der Waals surface area contributed by atoms with Gasteiger partial charge in [-0.25, -0.2) is 4.79 Å². The Morgan fingerprint density at radius 2 is 1.80 bits per heavy atom. The summed E-state index contributed by atoms with van der Waals surface area (Å²) < 4.78 is 0. The van der Waals surface area contributed by atoms with E-state index in [1.807, 2.05) is 11.8 Å². The monoisotopic (exact) mass is 348 g/mol. The van der Waals surface area contributed by atoms with Crippen LogP contribution in [-0.2, 0) is 4.79 Å². The van der Waals surface area contributed by atoms with Crippen molar-refractivity contribution >= 4 is 23.3 Å². The molecule has 25 heavy (non-hydrogen) atoms. The molecule has 0 aromatic heterocycles. The van der Waals surface area contributed by atoms with Crippen molar-refractivity contribution in [3.63, 3.8) is 0 Å². The van der Waals surface area contributed by atoms with Crippen LogP contribution in [0.1, 0.15) is 27.2 Å². The average molecular weight is 348 g/mol. The summed E-state index contributed by atoms with van der Waals surface area (Å²) in [7, 11) is 0. The van der Waals surface area contributed by atoms with Gasteiger partial charge in [0.2, 0.25) is 5.91 Å². The van der Waals surface area contributed by atoms with Gasteiger partial charge >= 0.3 is 6.03 Å². The number of nitrogens with zero attached hydrogens (tertiary/aromatic N) is 2. The van der Waals surface area contributed by atoms with Gasteiger partial charge in [-0.2, -0.15) is 0 Å². The first-order chi connectivity index (χ1) is 11.9. The largest absolute Gasteiger partial charge is 0.392 e. The molecule has 138 valence electrons. The number of rotatable bonds is 5. The van der Waals surface area contributed by atoms with Gasteiger partial charge < -0.3 is 20.6 Å². The van der Waals surface area contributed by atoms with E-state index in [-0.39, 0.29) is 24.1 Å². The molecule has 7 heteroatoms. The maximum Gasteiger partial charge on any atom is 0.322 e. The van der Waals surface area contributed by atoms with Crippen molar-refractivity contribution in [1.82, 2.24) is 9.80 Å². The Morgan fingerprint density at radius 1 is 1.20 bits per heavy atom. The molecule has 7 nitrogen and oxygen atoms in total. The topological polar surface area (TPSA) is 84.9 Å². The second kappa shape index (κ2) is 8.82. The minimum absolute atomic E-state index is 0.0410. The van der Waals surface area contributed by atoms with Crippen molar-refractivity contribution in [2.45, 2.75) is 39.3 Å². The molecule has 1 aliphatic heterocycles. The molecule has 1 saturated heterocycles. The van der Waals surface area contributed by atoms with Crippen molar-refractivity contribution in [1.29, 1.82) is 0 Å². The van der Waals surface area contributed by atoms with Crippen LogP contribution in [0, 0.1) is 0 Å². The predicted molar refractivity (Wildman–Crippen MR) is 98.7 cm³/mol. The van der Waals surface area contributed by atoms with Crippen LogP contribution >= 0.6 is 0 Å². The number of aliphatic hydroxyl groups is 1. The summed E-state index contributed by atoms with van der Waals surface area (Å²) in [5.74, 6) is -0.0410. The van der Waals surface area contributed by atoms with Crippen LogP contribution < -0.4 is 10.6 Å². The fraction of sp³-hybridized carbons (Fsp3) is 0.556. The van der Waals surface area contributed by atoms with Gasteiger partial charge in [-0.15, -0.1) is 0 Å². The first-order valence-corrected chi connectivity index (χ1v) is 8.77. The van der Waals surface area contributed by atoms with Gasteiger partial charge in [0.15, 0.2) is 0 Å². The van der Waals surface area contributed by atoms with Crippen molar-refractivity contribution in [2.75, 3.05) is 36.8 Å². The lowest BCUT2D eigenvalue weighted by molar-refractivity contribution is -0.115. The van der Waals surface area contributed by atoms with Crippen LogP contribution in [0.2, 0.25) is 0 Å². The van der Waals surface area contributed by atoms with Crippen LogP contribution in [0.4, 0.5) is 16.2 Å². The van der Waals surface area contributed by atoms with E-state index in [0.29, 0.717) is 30.9 Å². The fourth-order valence-corrected chi connectivity index (χ4v) is 2.96. The summed E-state index contributed by atoms with van der Waals surface area (Å²) in [6.07, 6.45) is 0.0662. The maximum atomic E-state index is 12.5. The SMILES string of the molecule is CCC(=O)Nc1ccc(NC(=O)N2CCN(C[C@@H](C)O)C[C@H]2C)cc1. The smallest absolute Gasteiger partial charge is 0.322 e. The molecular formula is C18H28N4O3. The molecule has 3 amide bonds. The molecule has 3 N–H and O–H groups in total. The lowest BCUT2D eigenvalue weighted by atomic mass is 10.2. The number of β-amino-alcohol motifs (C(OH)–C–C–N with tert-alkyl or cyclic N) is 1. The minimum atomic E-state index is -0.362. The molecule has 0 saturated carbocycles. The van der Waals surface area contributed by atoms with Crippen LogP contribution in [-0.4, -0.2) is 65.2 Å². The Balaban J connectivity index is 1.88. The highest BCUT2D eigenvalue weighted by Gasteiger charge is 2.27. The van der Waals surface area contributed by atoms with Gasteiger partial charge in [-0.1, -0.05) is 6.92 Å². The van der Waals surface area contributed by atoms with Gasteiger partial charge in [0.05, 0.1) is 6.10 Å². The van der Waals surface area contributed by atoms with E-state index in [1.165, 1.54) is 0 Å². The Hall–Kier alpha value is -2.12. The Bertz CT molecular complexity index is 588. The summed E-state index contributed by atoms with van der Waals surface area (Å²) in [6, 6.07) is 7.04. The average Bonchev–Trinajstić information content (AvgIpc) is 2.56. The number of carbonyl (C=O) groups is 2. The molecule has 1 heterocycles. The number of hydrogen-bond donors (Lipinski definition) is 3. The molecule has 0 bridgehead atoms. The van der Waals surface area contributed by atoms with Gasteiger partial charge in [-0.3, -0.25) is 9.69 Å². The van der Waals surface area contributed by atoms with Crippen molar-refractivity contribution in [2.24, 2.45) is 0 Å². The fourth-order valence-electron chi connectivity index (χ4n) is 2.96. The van der Waals surface area contributed by atoms with Crippen LogP contribution in [0.25, 0.3) is 0 Å². The zero-order valence-corrected chi connectivity index (χ0v) is 15.2. The number of aliphatic hydroxyl groups excluding tert-OH is 1. The molecule has 1 aromatic carbocycles. The third-order valence-corrected chi connectivity index (χ3v) is 4.24. The first kappa shape index (κ1) is 19.2. The number of urea groups is 1. The standard InChI is InChI=1S/C18H28N4O3/c1-4-17(24)19-15-5-7-16(8-6-15)20-18(25)22-10-9-21(11-13(22)2)12-14(3)23/h5-8,13-14,23H,4,9-12H2,1-3H3,(H,19,24)(H,20,25)/t13-,14-/m1/s1. The Labute approximate surface area is 149 Å². The summed E-state index contributed by atoms with van der Waals surface area (Å²) in [4.78, 5) is 27.8. The third-order valence-electron chi connectivity index (χ3n) is 4.24. The quantitative estimate of drug-likeness (QED) is 0.759. The Morgan fingerprint density at radius 3 is 2.32 bits per heavy atom. The second-order valence-corrected chi connectivity index (χ2v) is 6.56. The van der Waals surface area contributed by atoms with E-state index >= 15 is 0 Å². The zero-order chi connectivity index (χ0) is 18.4. The highest BCUT2D eigenvalue weighted by atomic mass is 16.3. The summed E-state index contributed by atoms with van der Waals surface area (Å²) in [6.45, 7) is 8.35. The van der Waals surface area contributed by atoms with Gasteiger partial charge in [-0.05, 0) is 38.1 Å². The van der Waals surface area contributed by atoms with E-state index in [2.05, 4.69) is 15.5 Å². The first-order valence-electron chi connectivity index (χ1n) is 8.77. The number of amides is 3. The highest BCUT2D eigenvalue weighted by Crippen LogP contribution is 2.16. The molecule has 0 unspecified atom stereocenters. The molecule has 1 aromatic rings. The zero-order valence-electron chi connectivity index (χ0n) is 15.2. The van der Waals surface area contributed by atoms with E-state index in [9.17, 15) is 14.7 Å². The third kappa shape index (κ3) is 5.72. The normalized spacial score (nSPS) is 19.4. The number of benzene rings is 1. The van der Waals surface area contributed by atoms with Crippen LogP contribution in [0.15, 0.2) is 24.3 Å². The van der Waals surface area contributed by atoms with E-state index in [1.54, 1.807) is 38.1 Å². The van der Waals surface area contributed by atoms with Gasteiger partial charge in [0, 0.05) is 50.0 Å². The summed E-state index contributed by atoms with van der Waals surface area (Å²) in [5, 5.41) is 15.2. The summed E-state index contributed by atoms with van der Waals surface area (Å²) >= 11 is 0. The maximum absolute atomic E-state index is 12.5. The summed E-state index contributed by atoms with van der Waals surface area (Å²) in [5.41, 5.74) is 1.41. The molecule has 1 fully saturated rings. The van der Waals surface area contributed by atoms with E-state index < -0.39 is 0 Å². The lowest BCUT2D eigenvalue weighted by Crippen LogP contribution is -2.56. The van der Waals surface area contributed by atoms with Crippen molar-refractivity contribution in [3.8, 4) is 0 Å². The molecule has 1 aliphatic rings. The molecule has 0 aliphatic carbocycles. The number of nitrogens with one attached hydrogen (secondary N) is 2.